The van der Waals surface area contributed by atoms with Gasteiger partial charge in [-0.3, -0.25) is 0 Å². The first-order valence-corrected chi connectivity index (χ1v) is 23.6. The van der Waals surface area contributed by atoms with Gasteiger partial charge in [-0.15, -0.1) is 0 Å². The first kappa shape index (κ1) is 40.1. The molecule has 0 amide bonds. The number of rotatable bonds is 9. The van der Waals surface area contributed by atoms with Crippen molar-refractivity contribution in [3.8, 4) is 61.3 Å². The number of hydrogen-bond acceptors (Lipinski definition) is 2. The summed E-state index contributed by atoms with van der Waals surface area (Å²) in [6.45, 7) is 0. The Bertz CT molecular complexity index is 3920. The zero-order chi connectivity index (χ0) is 45.7. The van der Waals surface area contributed by atoms with E-state index < -0.39 is 0 Å². The van der Waals surface area contributed by atoms with Gasteiger partial charge >= 0.3 is 0 Å². The second-order valence-electron chi connectivity index (χ2n) is 17.7. The second kappa shape index (κ2) is 16.9. The monoisotopic (exact) mass is 880 g/mol. The molecule has 0 aliphatic carbocycles. The summed E-state index contributed by atoms with van der Waals surface area (Å²) in [5, 5.41) is 4.76. The normalized spacial score (nSPS) is 11.5. The Kier molecular flexibility index (Phi) is 9.84. The van der Waals surface area contributed by atoms with Gasteiger partial charge in [-0.25, -0.2) is 0 Å². The minimum absolute atomic E-state index is 0.878. The topological polar surface area (TPSA) is 21.3 Å². The van der Waals surface area contributed by atoms with E-state index in [-0.39, 0.29) is 0 Å². The molecular formula is C66H44N2O. The van der Waals surface area contributed by atoms with Gasteiger partial charge in [-0.05, 0) is 117 Å². The van der Waals surface area contributed by atoms with E-state index in [0.717, 1.165) is 72.5 Å². The zero-order valence-corrected chi connectivity index (χ0v) is 37.7. The van der Waals surface area contributed by atoms with Crippen LogP contribution in [-0.4, -0.2) is 4.57 Å². The van der Waals surface area contributed by atoms with Gasteiger partial charge in [0.05, 0.1) is 16.7 Å². The molecule has 0 bridgehead atoms. The number of para-hydroxylation sites is 4. The third-order valence-corrected chi connectivity index (χ3v) is 13.7. The van der Waals surface area contributed by atoms with Gasteiger partial charge < -0.3 is 13.9 Å². The Morgan fingerprint density at radius 2 is 0.739 bits per heavy atom. The van der Waals surface area contributed by atoms with Crippen molar-refractivity contribution in [1.82, 2.24) is 4.57 Å². The molecule has 0 fully saturated rings. The number of nitrogens with zero attached hydrogens (tertiary/aromatic N) is 2. The van der Waals surface area contributed by atoms with Crippen LogP contribution in [0.3, 0.4) is 0 Å². The number of fused-ring (bicyclic) bond motifs is 6. The fourth-order valence-corrected chi connectivity index (χ4v) is 10.3. The van der Waals surface area contributed by atoms with Crippen LogP contribution in [0.4, 0.5) is 17.1 Å². The van der Waals surface area contributed by atoms with E-state index in [1.807, 2.05) is 6.07 Å². The van der Waals surface area contributed by atoms with E-state index in [2.05, 4.69) is 270 Å². The molecule has 0 spiro atoms. The third-order valence-electron chi connectivity index (χ3n) is 13.7. The van der Waals surface area contributed by atoms with Crippen LogP contribution in [0.1, 0.15) is 0 Å². The molecular weight excluding hydrogens is 837 g/mol. The van der Waals surface area contributed by atoms with Crippen molar-refractivity contribution in [1.29, 1.82) is 0 Å². The van der Waals surface area contributed by atoms with Crippen molar-refractivity contribution < 1.29 is 4.42 Å². The minimum atomic E-state index is 0.878. The molecule has 0 atom stereocenters. The predicted octanol–water partition coefficient (Wildman–Crippen LogP) is 18.5. The van der Waals surface area contributed by atoms with Crippen LogP contribution >= 0.6 is 0 Å². The predicted molar refractivity (Wildman–Crippen MR) is 290 cm³/mol. The molecule has 2 heterocycles. The summed E-state index contributed by atoms with van der Waals surface area (Å²) < 4.78 is 8.77. The number of benzene rings is 11. The first-order valence-electron chi connectivity index (χ1n) is 23.6. The van der Waals surface area contributed by atoms with Crippen molar-refractivity contribution in [2.24, 2.45) is 0 Å². The summed E-state index contributed by atoms with van der Waals surface area (Å²) in [5.74, 6) is 0. The Balaban J connectivity index is 0.857. The molecule has 69 heavy (non-hydrogen) atoms. The van der Waals surface area contributed by atoms with Gasteiger partial charge in [-0.1, -0.05) is 200 Å². The van der Waals surface area contributed by atoms with E-state index in [0.29, 0.717) is 0 Å². The highest BCUT2D eigenvalue weighted by Gasteiger charge is 2.21. The average Bonchev–Trinajstić information content (AvgIpc) is 3.98. The lowest BCUT2D eigenvalue weighted by Gasteiger charge is -2.28. The maximum atomic E-state index is 6.40. The van der Waals surface area contributed by atoms with Crippen LogP contribution in [0, 0.1) is 0 Å². The van der Waals surface area contributed by atoms with E-state index in [9.17, 15) is 0 Å². The summed E-state index contributed by atoms with van der Waals surface area (Å²) in [6.07, 6.45) is 0. The van der Waals surface area contributed by atoms with Crippen LogP contribution < -0.4 is 4.90 Å². The molecule has 13 rings (SSSR count). The van der Waals surface area contributed by atoms with E-state index in [1.54, 1.807) is 0 Å². The Labute approximate surface area is 401 Å². The number of aromatic nitrogens is 1. The molecule has 3 heteroatoms. The standard InChI is InChI=1S/C66H44N2O/c1-2-14-45(15-3-1)46-32-34-51(35-33-46)52-16-12-17-55(44-52)67(61-23-8-6-20-58(61)59-22-13-27-65-66(59)60-21-7-11-26-64(60)69-65)53-40-36-49(37-41-53)47-28-30-48(31-29-47)50-38-42-54(43-39-50)68-62-24-9-4-18-56(62)57-19-5-10-25-63(57)68/h1-44H. The van der Waals surface area contributed by atoms with Crippen molar-refractivity contribution in [2.75, 3.05) is 4.90 Å². The van der Waals surface area contributed by atoms with Crippen LogP contribution in [0.25, 0.3) is 105 Å². The molecule has 0 radical (unpaired) electrons. The Morgan fingerprint density at radius 3 is 1.39 bits per heavy atom. The fraction of sp³-hybridized carbons (Fsp3) is 0. The molecule has 11 aromatic carbocycles. The molecule has 0 unspecified atom stereocenters. The van der Waals surface area contributed by atoms with Gasteiger partial charge in [0.25, 0.3) is 0 Å². The van der Waals surface area contributed by atoms with E-state index in [4.69, 9.17) is 4.42 Å². The molecule has 0 saturated heterocycles. The SMILES string of the molecule is c1ccc(-c2ccc(-c3cccc(N(c4ccc(-c5ccc(-c6ccc(-n7c8ccccc8c8ccccc87)cc6)cc5)cc4)c4ccccc4-c4cccc5oc6ccccc6c45)c3)cc2)cc1. The second-order valence-corrected chi connectivity index (χ2v) is 17.7. The van der Waals surface area contributed by atoms with Crippen molar-refractivity contribution in [3.05, 3.63) is 267 Å². The molecule has 2 aromatic heterocycles. The molecule has 0 saturated carbocycles. The quantitative estimate of drug-likeness (QED) is 0.144. The molecule has 3 nitrogen and oxygen atoms in total. The van der Waals surface area contributed by atoms with Gasteiger partial charge in [-0.2, -0.15) is 0 Å². The minimum Gasteiger partial charge on any atom is -0.456 e. The zero-order valence-electron chi connectivity index (χ0n) is 37.7. The highest BCUT2D eigenvalue weighted by molar-refractivity contribution is 6.14. The number of furan rings is 1. The van der Waals surface area contributed by atoms with Crippen LogP contribution in [0.5, 0.6) is 0 Å². The highest BCUT2D eigenvalue weighted by atomic mass is 16.3. The molecule has 13 aromatic rings. The fourth-order valence-electron chi connectivity index (χ4n) is 10.3. The summed E-state index contributed by atoms with van der Waals surface area (Å²) in [6, 6.07) is 96.0. The smallest absolute Gasteiger partial charge is 0.136 e. The van der Waals surface area contributed by atoms with E-state index >= 15 is 0 Å². The third kappa shape index (κ3) is 7.16. The van der Waals surface area contributed by atoms with Crippen molar-refractivity contribution in [2.45, 2.75) is 0 Å². The Morgan fingerprint density at radius 1 is 0.290 bits per heavy atom. The van der Waals surface area contributed by atoms with Crippen LogP contribution in [0.2, 0.25) is 0 Å². The Hall–Kier alpha value is -9.18. The molecule has 324 valence electrons. The maximum Gasteiger partial charge on any atom is 0.136 e. The van der Waals surface area contributed by atoms with Crippen LogP contribution in [0.15, 0.2) is 271 Å². The lowest BCUT2D eigenvalue weighted by Crippen LogP contribution is -2.11. The highest BCUT2D eigenvalue weighted by Crippen LogP contribution is 2.46. The van der Waals surface area contributed by atoms with Crippen molar-refractivity contribution in [3.63, 3.8) is 0 Å². The van der Waals surface area contributed by atoms with Crippen molar-refractivity contribution >= 4 is 60.8 Å². The van der Waals surface area contributed by atoms with Gasteiger partial charge in [0, 0.05) is 44.2 Å². The van der Waals surface area contributed by atoms with Gasteiger partial charge in [0.15, 0.2) is 0 Å². The first-order chi connectivity index (χ1) is 34.2. The summed E-state index contributed by atoms with van der Waals surface area (Å²) in [5.41, 5.74) is 20.2. The molecule has 0 aliphatic heterocycles. The summed E-state index contributed by atoms with van der Waals surface area (Å²) in [4.78, 5) is 2.40. The maximum absolute atomic E-state index is 6.40. The summed E-state index contributed by atoms with van der Waals surface area (Å²) >= 11 is 0. The van der Waals surface area contributed by atoms with E-state index in [1.165, 1.54) is 49.6 Å². The van der Waals surface area contributed by atoms with Gasteiger partial charge in [0.2, 0.25) is 0 Å². The lowest BCUT2D eigenvalue weighted by molar-refractivity contribution is 0.669. The number of hydrogen-bond donors (Lipinski definition) is 0. The number of anilines is 3. The summed E-state index contributed by atoms with van der Waals surface area (Å²) in [7, 11) is 0. The van der Waals surface area contributed by atoms with Crippen LogP contribution in [-0.2, 0) is 0 Å². The average molecular weight is 881 g/mol. The molecule has 0 aliphatic rings. The molecule has 0 N–H and O–H groups in total. The van der Waals surface area contributed by atoms with Gasteiger partial charge in [0.1, 0.15) is 11.2 Å². The lowest BCUT2D eigenvalue weighted by atomic mass is 9.96. The largest absolute Gasteiger partial charge is 0.456 e.